The Kier molecular flexibility index (Phi) is 4.63. The molecule has 0 atom stereocenters. The highest BCUT2D eigenvalue weighted by Gasteiger charge is 1.91. The molecule has 0 aromatic rings. The second kappa shape index (κ2) is 4.37. The SMILES string of the molecule is NC(=S)SSC(N)=S. The Morgan fingerprint density at radius 2 is 1.25 bits per heavy atom. The number of hydrogen-bond donors (Lipinski definition) is 2. The standard InChI is InChI=1S/C2H4N2S4/c3-1(5)7-8-2(4)6/h(H2,3,5)(H2,4,6). The van der Waals surface area contributed by atoms with Gasteiger partial charge >= 0.3 is 0 Å². The van der Waals surface area contributed by atoms with Gasteiger partial charge in [-0.15, -0.1) is 0 Å². The van der Waals surface area contributed by atoms with Crippen molar-refractivity contribution in [2.24, 2.45) is 11.5 Å². The van der Waals surface area contributed by atoms with E-state index in [1.807, 2.05) is 0 Å². The molecular formula is C2H4N2S4. The third-order valence-electron chi connectivity index (χ3n) is 0.206. The molecule has 0 heterocycles. The first-order valence-corrected chi connectivity index (χ1v) is 4.53. The van der Waals surface area contributed by atoms with Crippen molar-refractivity contribution < 1.29 is 0 Å². The summed E-state index contributed by atoms with van der Waals surface area (Å²) in [6, 6.07) is 0. The molecule has 0 spiro atoms. The molecule has 0 bridgehead atoms. The summed E-state index contributed by atoms with van der Waals surface area (Å²) >= 11 is 9.04. The molecule has 0 aliphatic heterocycles. The zero-order valence-corrected chi connectivity index (χ0v) is 7.05. The van der Waals surface area contributed by atoms with E-state index in [-0.39, 0.29) is 0 Å². The minimum atomic E-state index is 0.350. The zero-order chi connectivity index (χ0) is 6.57. The summed E-state index contributed by atoms with van der Waals surface area (Å²) in [4.78, 5) is 0. The van der Waals surface area contributed by atoms with Gasteiger partial charge in [0.25, 0.3) is 0 Å². The van der Waals surface area contributed by atoms with Crippen molar-refractivity contribution in [3.8, 4) is 0 Å². The lowest BCUT2D eigenvalue weighted by Gasteiger charge is -1.91. The van der Waals surface area contributed by atoms with Gasteiger partial charge in [0.05, 0.1) is 0 Å². The average molecular weight is 184 g/mol. The zero-order valence-electron chi connectivity index (χ0n) is 3.79. The molecule has 0 aliphatic rings. The maximum Gasteiger partial charge on any atom is 0.142 e. The highest BCUT2D eigenvalue weighted by molar-refractivity contribution is 8.89. The Morgan fingerprint density at radius 1 is 1.00 bits per heavy atom. The molecule has 0 amide bonds. The van der Waals surface area contributed by atoms with Crippen molar-refractivity contribution in [3.05, 3.63) is 0 Å². The van der Waals surface area contributed by atoms with E-state index >= 15 is 0 Å². The van der Waals surface area contributed by atoms with Gasteiger partial charge in [-0.1, -0.05) is 24.4 Å². The van der Waals surface area contributed by atoms with Gasteiger partial charge in [-0.05, 0) is 21.6 Å². The van der Waals surface area contributed by atoms with Crippen LogP contribution < -0.4 is 11.5 Å². The summed E-state index contributed by atoms with van der Waals surface area (Å²) in [7, 11) is 2.40. The van der Waals surface area contributed by atoms with Crippen LogP contribution in [0.5, 0.6) is 0 Å². The molecule has 6 heteroatoms. The highest BCUT2D eigenvalue weighted by Crippen LogP contribution is 2.20. The topological polar surface area (TPSA) is 52.0 Å². The Bertz CT molecular complexity index is 96.6. The summed E-state index contributed by atoms with van der Waals surface area (Å²) in [5.41, 5.74) is 10.2. The number of nitrogens with two attached hydrogens (primary N) is 2. The molecule has 0 aromatic heterocycles. The monoisotopic (exact) mass is 184 g/mol. The van der Waals surface area contributed by atoms with Gasteiger partial charge < -0.3 is 11.5 Å². The molecular weight excluding hydrogens is 180 g/mol. The van der Waals surface area contributed by atoms with Crippen molar-refractivity contribution in [2.75, 3.05) is 0 Å². The molecule has 46 valence electrons. The predicted molar refractivity (Wildman–Crippen MR) is 48.8 cm³/mol. The third-order valence-corrected chi connectivity index (χ3v) is 3.08. The van der Waals surface area contributed by atoms with Crippen LogP contribution in [0.25, 0.3) is 0 Å². The number of rotatable bonds is 0. The third kappa shape index (κ3) is 6.48. The molecule has 0 fully saturated rings. The molecule has 0 rings (SSSR count). The lowest BCUT2D eigenvalue weighted by atomic mass is 11.5. The fourth-order valence-electron chi connectivity index (χ4n) is 0.0821. The van der Waals surface area contributed by atoms with Crippen LogP contribution in [0.3, 0.4) is 0 Å². The first-order chi connectivity index (χ1) is 3.63. The van der Waals surface area contributed by atoms with Crippen LogP contribution in [-0.2, 0) is 0 Å². The first-order valence-electron chi connectivity index (χ1n) is 1.56. The smallest absolute Gasteiger partial charge is 0.142 e. The molecule has 4 N–H and O–H groups in total. The van der Waals surface area contributed by atoms with E-state index in [1.54, 1.807) is 0 Å². The van der Waals surface area contributed by atoms with E-state index < -0.39 is 0 Å². The second-order valence-electron chi connectivity index (χ2n) is 0.805. The van der Waals surface area contributed by atoms with E-state index in [9.17, 15) is 0 Å². The molecule has 0 radical (unpaired) electrons. The molecule has 8 heavy (non-hydrogen) atoms. The lowest BCUT2D eigenvalue weighted by Crippen LogP contribution is -2.04. The van der Waals surface area contributed by atoms with Crippen molar-refractivity contribution in [1.82, 2.24) is 0 Å². The minimum Gasteiger partial charge on any atom is -0.384 e. The molecule has 2 nitrogen and oxygen atoms in total. The van der Waals surface area contributed by atoms with Gasteiger partial charge in [-0.3, -0.25) is 0 Å². The van der Waals surface area contributed by atoms with Crippen LogP contribution in [-0.4, -0.2) is 8.64 Å². The van der Waals surface area contributed by atoms with Crippen LogP contribution in [0.1, 0.15) is 0 Å². The maximum atomic E-state index is 5.10. The van der Waals surface area contributed by atoms with E-state index in [1.165, 1.54) is 21.6 Å². The quantitative estimate of drug-likeness (QED) is 0.430. The highest BCUT2D eigenvalue weighted by atomic mass is 33.1. The second-order valence-corrected chi connectivity index (χ2v) is 4.41. The lowest BCUT2D eigenvalue weighted by molar-refractivity contribution is 1.90. The predicted octanol–water partition coefficient (Wildman–Crippen LogP) is 0.855. The van der Waals surface area contributed by atoms with Crippen LogP contribution in [0.4, 0.5) is 0 Å². The van der Waals surface area contributed by atoms with E-state index in [2.05, 4.69) is 24.4 Å². The number of hydrogen-bond acceptors (Lipinski definition) is 4. The Morgan fingerprint density at radius 3 is 1.38 bits per heavy atom. The first kappa shape index (κ1) is 8.48. The molecule has 0 saturated heterocycles. The van der Waals surface area contributed by atoms with Crippen molar-refractivity contribution >= 4 is 54.7 Å². The van der Waals surface area contributed by atoms with Crippen molar-refractivity contribution in [2.45, 2.75) is 0 Å². The summed E-state index contributed by atoms with van der Waals surface area (Å²) in [6.07, 6.45) is 0. The van der Waals surface area contributed by atoms with Gasteiger partial charge in [0.15, 0.2) is 0 Å². The van der Waals surface area contributed by atoms with Gasteiger partial charge in [-0.25, -0.2) is 0 Å². The Labute approximate surface area is 66.1 Å². The molecule has 0 saturated carbocycles. The van der Waals surface area contributed by atoms with Gasteiger partial charge in [0.2, 0.25) is 0 Å². The Hall–Kier alpha value is 0.480. The number of thiocarbonyl (C=S) groups is 2. The summed E-state index contributed by atoms with van der Waals surface area (Å²) in [6.45, 7) is 0. The summed E-state index contributed by atoms with van der Waals surface area (Å²) in [5.74, 6) is 0. The van der Waals surface area contributed by atoms with Gasteiger partial charge in [-0.2, -0.15) is 0 Å². The van der Waals surface area contributed by atoms with Crippen LogP contribution >= 0.6 is 46.0 Å². The van der Waals surface area contributed by atoms with Crippen molar-refractivity contribution in [1.29, 1.82) is 0 Å². The largest absolute Gasteiger partial charge is 0.384 e. The van der Waals surface area contributed by atoms with E-state index in [4.69, 9.17) is 11.5 Å². The van der Waals surface area contributed by atoms with Crippen LogP contribution in [0.15, 0.2) is 0 Å². The summed E-state index contributed by atoms with van der Waals surface area (Å²) in [5, 5.41) is 0. The molecule has 0 aliphatic carbocycles. The van der Waals surface area contributed by atoms with Gasteiger partial charge in [0.1, 0.15) is 8.64 Å². The minimum absolute atomic E-state index is 0.350. The van der Waals surface area contributed by atoms with E-state index in [0.717, 1.165) is 0 Å². The fraction of sp³-hybridized carbons (Fsp3) is 0. The average Bonchev–Trinajstić information content (AvgIpc) is 1.61. The summed E-state index contributed by atoms with van der Waals surface area (Å²) < 4.78 is 0.700. The molecule has 0 unspecified atom stereocenters. The normalized spacial score (nSPS) is 8.50. The van der Waals surface area contributed by atoms with Crippen LogP contribution in [0.2, 0.25) is 0 Å². The van der Waals surface area contributed by atoms with Gasteiger partial charge in [0, 0.05) is 0 Å². The Balaban J connectivity index is 3.18. The molecule has 0 aromatic carbocycles. The van der Waals surface area contributed by atoms with Crippen molar-refractivity contribution in [3.63, 3.8) is 0 Å². The fourth-order valence-corrected chi connectivity index (χ4v) is 1.35. The van der Waals surface area contributed by atoms with E-state index in [0.29, 0.717) is 8.64 Å². The van der Waals surface area contributed by atoms with Crippen LogP contribution in [0, 0.1) is 0 Å². The maximum absolute atomic E-state index is 5.10.